The highest BCUT2D eigenvalue weighted by atomic mass is 32.1. The minimum Gasteiger partial charge on any atom is -0.377 e. The van der Waals surface area contributed by atoms with Crippen molar-refractivity contribution in [1.29, 1.82) is 0 Å². The Bertz CT molecular complexity index is 81.7. The van der Waals surface area contributed by atoms with Gasteiger partial charge in [0.2, 0.25) is 0 Å². The lowest BCUT2D eigenvalue weighted by molar-refractivity contribution is -0.191. The van der Waals surface area contributed by atoms with Crippen molar-refractivity contribution in [2.75, 3.05) is 0 Å². The summed E-state index contributed by atoms with van der Waals surface area (Å²) in [6, 6.07) is 0. The largest absolute Gasteiger partial charge is 0.377 e. The molecule has 7 heavy (non-hydrogen) atoms. The van der Waals surface area contributed by atoms with Crippen LogP contribution in [0.15, 0.2) is 0 Å². The van der Waals surface area contributed by atoms with E-state index in [0.717, 1.165) is 0 Å². The molecule has 0 amide bonds. The van der Waals surface area contributed by atoms with Crippen LogP contribution in [0.1, 0.15) is 0 Å². The van der Waals surface area contributed by atoms with Gasteiger partial charge in [-0.3, -0.25) is 0 Å². The lowest BCUT2D eigenvalue weighted by atomic mass is 11.3. The maximum atomic E-state index is 8.12. The molecule has 0 aromatic rings. The minimum atomic E-state index is 0.000000000000000222. The van der Waals surface area contributed by atoms with Gasteiger partial charge in [0.15, 0.2) is 5.11 Å². The van der Waals surface area contributed by atoms with Gasteiger partial charge >= 0.3 is 6.15 Å². The second kappa shape index (κ2) is 8.91. The molecule has 0 saturated carbocycles. The van der Waals surface area contributed by atoms with E-state index in [1.165, 1.54) is 0 Å². The van der Waals surface area contributed by atoms with Crippen molar-refractivity contribution in [2.45, 2.75) is 0 Å². The van der Waals surface area contributed by atoms with Gasteiger partial charge in [0.05, 0.1) is 0 Å². The van der Waals surface area contributed by atoms with Crippen molar-refractivity contribution in [1.82, 2.24) is 0 Å². The number of carbonyl (C=O) groups excluding carboxylic acids is 2. The van der Waals surface area contributed by atoms with Crippen LogP contribution in [0.2, 0.25) is 0 Å². The van der Waals surface area contributed by atoms with E-state index < -0.39 is 0 Å². The van der Waals surface area contributed by atoms with Gasteiger partial charge in [-0.1, -0.05) is 0 Å². The Balaban J connectivity index is 0. The number of rotatable bonds is 0. The van der Waals surface area contributed by atoms with Gasteiger partial charge < -0.3 is 11.5 Å². The van der Waals surface area contributed by atoms with Crippen molar-refractivity contribution in [2.24, 2.45) is 11.5 Å². The topological polar surface area (TPSA) is 86.2 Å². The lowest BCUT2D eigenvalue weighted by Gasteiger charge is -1.68. The van der Waals surface area contributed by atoms with Crippen LogP contribution < -0.4 is 11.5 Å². The molecule has 0 atom stereocenters. The van der Waals surface area contributed by atoms with E-state index in [1.54, 1.807) is 0 Å². The van der Waals surface area contributed by atoms with Crippen LogP contribution in [0.5, 0.6) is 0 Å². The Morgan fingerprint density at radius 3 is 1.43 bits per heavy atom. The van der Waals surface area contributed by atoms with Crippen LogP contribution in [0.4, 0.5) is 0 Å². The normalized spacial score (nSPS) is 4.57. The van der Waals surface area contributed by atoms with Crippen molar-refractivity contribution in [3.8, 4) is 0 Å². The van der Waals surface area contributed by atoms with Crippen molar-refractivity contribution in [3.05, 3.63) is 0 Å². The van der Waals surface area contributed by atoms with E-state index in [1.807, 2.05) is 0 Å². The summed E-state index contributed by atoms with van der Waals surface area (Å²) in [7, 11) is 0. The summed E-state index contributed by atoms with van der Waals surface area (Å²) in [4.78, 5) is 16.2. The number of hydrogen-bond acceptors (Lipinski definition) is 3. The van der Waals surface area contributed by atoms with E-state index in [0.29, 0.717) is 0 Å². The summed E-state index contributed by atoms with van der Waals surface area (Å²) in [6.07, 6.45) is 0.250. The Morgan fingerprint density at radius 1 is 1.43 bits per heavy atom. The second-order valence-electron chi connectivity index (χ2n) is 0.486. The molecule has 0 spiro atoms. The summed E-state index contributed by atoms with van der Waals surface area (Å²) in [5.74, 6) is 0. The molecular weight excluding hydrogens is 116 g/mol. The van der Waals surface area contributed by atoms with Gasteiger partial charge in [-0.2, -0.15) is 9.59 Å². The van der Waals surface area contributed by atoms with Crippen LogP contribution in [0.25, 0.3) is 0 Å². The third-order valence-corrected chi connectivity index (χ3v) is 0. The fourth-order valence-electron chi connectivity index (χ4n) is 0. The van der Waals surface area contributed by atoms with E-state index in [2.05, 4.69) is 23.7 Å². The predicted molar refractivity (Wildman–Crippen MR) is 26.0 cm³/mol. The smallest absolute Gasteiger partial charge is 0.373 e. The molecule has 4 nitrogen and oxygen atoms in total. The molecule has 4 N–H and O–H groups in total. The van der Waals surface area contributed by atoms with Gasteiger partial charge in [-0.15, -0.1) is 0 Å². The highest BCUT2D eigenvalue weighted by Crippen LogP contribution is 1.32. The number of thiocarbonyl (C=S) groups is 1. The van der Waals surface area contributed by atoms with Gasteiger partial charge in [0.25, 0.3) is 0 Å². The van der Waals surface area contributed by atoms with E-state index >= 15 is 0 Å². The third-order valence-electron chi connectivity index (χ3n) is 0. The molecule has 0 aliphatic carbocycles. The first-order valence-corrected chi connectivity index (χ1v) is 1.60. The second-order valence-corrected chi connectivity index (χ2v) is 0.957. The monoisotopic (exact) mass is 120 g/mol. The average Bonchev–Trinajstić information content (AvgIpc) is 1.33. The van der Waals surface area contributed by atoms with Crippen molar-refractivity contribution >= 4 is 23.5 Å². The summed E-state index contributed by atoms with van der Waals surface area (Å²) < 4.78 is 0. The first kappa shape index (κ1) is 9.42. The molecule has 0 aliphatic heterocycles. The Morgan fingerprint density at radius 2 is 1.43 bits per heavy atom. The fourth-order valence-corrected chi connectivity index (χ4v) is 0. The zero-order valence-electron chi connectivity index (χ0n) is 3.38. The SMILES string of the molecule is NC(N)=S.O=C=O. The Hall–Kier alpha value is -0.930. The molecule has 0 aromatic heterocycles. The van der Waals surface area contributed by atoms with Gasteiger partial charge in [-0.25, -0.2) is 0 Å². The third kappa shape index (κ3) is 55.2. The van der Waals surface area contributed by atoms with Crippen LogP contribution in [-0.4, -0.2) is 11.3 Å². The summed E-state index contributed by atoms with van der Waals surface area (Å²) in [5, 5.41) is 0.000000000000000222. The molecule has 0 aliphatic rings. The Kier molecular flexibility index (Phi) is 12.0. The van der Waals surface area contributed by atoms with Gasteiger partial charge in [-0.05, 0) is 12.2 Å². The summed E-state index contributed by atoms with van der Waals surface area (Å²) in [5.41, 5.74) is 9.24. The van der Waals surface area contributed by atoms with E-state index in [9.17, 15) is 0 Å². The molecule has 0 fully saturated rings. The molecule has 0 heterocycles. The Labute approximate surface area is 45.5 Å². The quantitative estimate of drug-likeness (QED) is 0.384. The lowest BCUT2D eigenvalue weighted by Crippen LogP contribution is -2.18. The van der Waals surface area contributed by atoms with Crippen molar-refractivity contribution < 1.29 is 9.59 Å². The molecule has 0 rings (SSSR count). The van der Waals surface area contributed by atoms with Gasteiger partial charge in [0, 0.05) is 0 Å². The van der Waals surface area contributed by atoms with Crippen LogP contribution >= 0.6 is 12.2 Å². The highest BCUT2D eigenvalue weighted by molar-refractivity contribution is 7.80. The molecule has 5 heteroatoms. The number of hydrogen-bond donors (Lipinski definition) is 2. The highest BCUT2D eigenvalue weighted by Gasteiger charge is 1.53. The number of nitrogens with two attached hydrogens (primary N) is 2. The van der Waals surface area contributed by atoms with Crippen LogP contribution in [0, 0.1) is 0 Å². The first-order valence-electron chi connectivity index (χ1n) is 1.19. The zero-order chi connectivity index (χ0) is 6.28. The minimum absolute atomic E-state index is 0.000000000000000222. The molecule has 0 saturated heterocycles. The van der Waals surface area contributed by atoms with Gasteiger partial charge in [0.1, 0.15) is 0 Å². The molecule has 0 bridgehead atoms. The summed E-state index contributed by atoms with van der Waals surface area (Å²) >= 11 is 4.09. The maximum Gasteiger partial charge on any atom is 0.373 e. The molecule has 0 aromatic carbocycles. The predicted octanol–water partition coefficient (Wildman–Crippen LogP) is -1.39. The first-order chi connectivity index (χ1) is 3.15. The molecule has 0 unspecified atom stereocenters. The van der Waals surface area contributed by atoms with Crippen molar-refractivity contribution in [3.63, 3.8) is 0 Å². The summed E-state index contributed by atoms with van der Waals surface area (Å²) in [6.45, 7) is 0. The maximum absolute atomic E-state index is 8.12. The molecule has 40 valence electrons. The fraction of sp³-hybridized carbons (Fsp3) is 0. The average molecular weight is 120 g/mol. The standard InChI is InChI=1S/CH4N2S.CO2/c2-1(3)4;2-1-3/h(H4,2,3,4);. The molecule has 0 radical (unpaired) electrons. The van der Waals surface area contributed by atoms with Crippen LogP contribution in [-0.2, 0) is 9.59 Å². The van der Waals surface area contributed by atoms with E-state index in [4.69, 9.17) is 9.59 Å². The van der Waals surface area contributed by atoms with Crippen LogP contribution in [0.3, 0.4) is 0 Å². The zero-order valence-corrected chi connectivity index (χ0v) is 4.20. The van der Waals surface area contributed by atoms with E-state index in [-0.39, 0.29) is 11.3 Å². The molecular formula is C2H4N2O2S.